The Hall–Kier alpha value is -3.24. The maximum absolute atomic E-state index is 13.1. The summed E-state index contributed by atoms with van der Waals surface area (Å²) in [6.45, 7) is 1.73. The molecule has 1 fully saturated rings. The third kappa shape index (κ3) is 4.97. The summed E-state index contributed by atoms with van der Waals surface area (Å²) in [6, 6.07) is 9.29. The first-order valence-electron chi connectivity index (χ1n) is 10.2. The third-order valence-corrected chi connectivity index (χ3v) is 6.29. The van der Waals surface area contributed by atoms with Gasteiger partial charge in [-0.1, -0.05) is 17.3 Å². The van der Waals surface area contributed by atoms with Crippen LogP contribution in [-0.4, -0.2) is 58.6 Å². The monoisotopic (exact) mass is 455 g/mol. The van der Waals surface area contributed by atoms with Crippen LogP contribution in [0.25, 0.3) is 0 Å². The molecule has 32 heavy (non-hydrogen) atoms. The van der Waals surface area contributed by atoms with Crippen molar-refractivity contribution in [1.29, 1.82) is 0 Å². The Balaban J connectivity index is 1.46. The van der Waals surface area contributed by atoms with Crippen molar-refractivity contribution in [3.05, 3.63) is 64.1 Å². The second-order valence-electron chi connectivity index (χ2n) is 7.61. The topological polar surface area (TPSA) is 98.6 Å². The number of hydrogen-bond acceptors (Lipinski definition) is 8. The van der Waals surface area contributed by atoms with E-state index in [9.17, 15) is 9.59 Å². The molecule has 0 aliphatic carbocycles. The maximum Gasteiger partial charge on any atom is 0.360 e. The van der Waals surface area contributed by atoms with Gasteiger partial charge in [0.15, 0.2) is 5.69 Å². The minimum atomic E-state index is -0.529. The van der Waals surface area contributed by atoms with Gasteiger partial charge in [-0.2, -0.15) is 11.3 Å². The van der Waals surface area contributed by atoms with E-state index < -0.39 is 5.97 Å². The largest absolute Gasteiger partial charge is 0.497 e. The minimum Gasteiger partial charge on any atom is -0.497 e. The molecule has 3 heterocycles. The number of carbonyl (C=O) groups is 2. The number of methoxy groups -OCH3 is 2. The van der Waals surface area contributed by atoms with E-state index >= 15 is 0 Å². The van der Waals surface area contributed by atoms with Crippen LogP contribution in [0.3, 0.4) is 0 Å². The summed E-state index contributed by atoms with van der Waals surface area (Å²) in [5.74, 6) is 0.213. The number of rotatable bonds is 8. The predicted molar refractivity (Wildman–Crippen MR) is 118 cm³/mol. The van der Waals surface area contributed by atoms with E-state index in [0.717, 1.165) is 16.9 Å². The fourth-order valence-electron chi connectivity index (χ4n) is 3.84. The summed E-state index contributed by atoms with van der Waals surface area (Å²) in [7, 11) is 2.93. The first kappa shape index (κ1) is 22.0. The van der Waals surface area contributed by atoms with Gasteiger partial charge in [-0.15, -0.1) is 5.10 Å². The van der Waals surface area contributed by atoms with Crippen molar-refractivity contribution in [3.8, 4) is 5.75 Å². The van der Waals surface area contributed by atoms with Crippen molar-refractivity contribution in [1.82, 2.24) is 25.2 Å². The summed E-state index contributed by atoms with van der Waals surface area (Å²) in [5, 5.41) is 15.2. The number of amides is 1. The van der Waals surface area contributed by atoms with Crippen LogP contribution >= 0.6 is 11.3 Å². The Morgan fingerprint density at radius 1 is 1.19 bits per heavy atom. The van der Waals surface area contributed by atoms with Crippen LogP contribution in [-0.2, 0) is 22.6 Å². The van der Waals surface area contributed by atoms with Crippen molar-refractivity contribution < 1.29 is 19.1 Å². The summed E-state index contributed by atoms with van der Waals surface area (Å²) in [6.07, 6.45) is 2.15. The van der Waals surface area contributed by atoms with Crippen molar-refractivity contribution in [2.24, 2.45) is 0 Å². The molecule has 1 aliphatic rings. The average Bonchev–Trinajstić information content (AvgIpc) is 3.58. The smallest absolute Gasteiger partial charge is 0.360 e. The summed E-state index contributed by atoms with van der Waals surface area (Å²) >= 11 is 1.63. The van der Waals surface area contributed by atoms with Crippen LogP contribution in [0.5, 0.6) is 5.75 Å². The SMILES string of the molecule is COC(=O)c1cn([C@H]2C[C@@H](C(=O)NCc3ccc(OC)cc3)N(Cc3ccsc3)C2)nn1. The normalized spacial score (nSPS) is 18.4. The number of likely N-dealkylation sites (tertiary alicyclic amines) is 1. The highest BCUT2D eigenvalue weighted by Gasteiger charge is 2.38. The van der Waals surface area contributed by atoms with Gasteiger partial charge >= 0.3 is 5.97 Å². The molecule has 0 unspecified atom stereocenters. The fraction of sp³-hybridized carbons (Fsp3) is 0.364. The molecule has 0 bridgehead atoms. The molecule has 0 saturated carbocycles. The van der Waals surface area contributed by atoms with Gasteiger partial charge in [-0.3, -0.25) is 9.69 Å². The van der Waals surface area contributed by atoms with Crippen LogP contribution in [0, 0.1) is 0 Å². The number of benzene rings is 1. The van der Waals surface area contributed by atoms with E-state index in [-0.39, 0.29) is 23.7 Å². The molecule has 3 aromatic rings. The van der Waals surface area contributed by atoms with E-state index in [2.05, 4.69) is 32.0 Å². The first-order chi connectivity index (χ1) is 15.6. The lowest BCUT2D eigenvalue weighted by atomic mass is 10.1. The Morgan fingerprint density at radius 3 is 2.69 bits per heavy atom. The molecule has 1 saturated heterocycles. The Labute approximate surface area is 189 Å². The zero-order valence-electron chi connectivity index (χ0n) is 17.9. The molecule has 10 heteroatoms. The number of nitrogens with one attached hydrogen (secondary N) is 1. The van der Waals surface area contributed by atoms with Crippen LogP contribution in [0.15, 0.2) is 47.3 Å². The quantitative estimate of drug-likeness (QED) is 0.520. The highest BCUT2D eigenvalue weighted by atomic mass is 32.1. The number of hydrogen-bond donors (Lipinski definition) is 1. The van der Waals surface area contributed by atoms with Gasteiger partial charge in [0.1, 0.15) is 5.75 Å². The van der Waals surface area contributed by atoms with Crippen molar-refractivity contribution in [2.45, 2.75) is 31.6 Å². The highest BCUT2D eigenvalue weighted by Crippen LogP contribution is 2.29. The average molecular weight is 456 g/mol. The van der Waals surface area contributed by atoms with E-state index in [1.54, 1.807) is 29.3 Å². The molecular formula is C22H25N5O4S. The number of carbonyl (C=O) groups excluding carboxylic acids is 2. The Bertz CT molecular complexity index is 1050. The Kier molecular flexibility index (Phi) is 6.81. The highest BCUT2D eigenvalue weighted by molar-refractivity contribution is 7.07. The Morgan fingerprint density at radius 2 is 2.00 bits per heavy atom. The van der Waals surface area contributed by atoms with Crippen LogP contribution in [0.4, 0.5) is 0 Å². The molecule has 0 radical (unpaired) electrons. The molecule has 2 aromatic heterocycles. The number of nitrogens with zero attached hydrogens (tertiary/aromatic N) is 4. The first-order valence-corrected chi connectivity index (χ1v) is 11.2. The zero-order valence-corrected chi connectivity index (χ0v) is 18.7. The number of esters is 1. The molecule has 1 aliphatic heterocycles. The predicted octanol–water partition coefficient (Wildman–Crippen LogP) is 2.27. The van der Waals surface area contributed by atoms with Gasteiger partial charge in [0, 0.05) is 19.6 Å². The molecule has 1 N–H and O–H groups in total. The van der Waals surface area contributed by atoms with Crippen molar-refractivity contribution in [3.63, 3.8) is 0 Å². The van der Waals surface area contributed by atoms with E-state index in [1.807, 2.05) is 29.6 Å². The van der Waals surface area contributed by atoms with Gasteiger partial charge < -0.3 is 14.8 Å². The van der Waals surface area contributed by atoms with Crippen molar-refractivity contribution in [2.75, 3.05) is 20.8 Å². The fourth-order valence-corrected chi connectivity index (χ4v) is 4.50. The summed E-state index contributed by atoms with van der Waals surface area (Å²) < 4.78 is 11.6. The molecule has 0 spiro atoms. The van der Waals surface area contributed by atoms with Gasteiger partial charge in [0.2, 0.25) is 5.91 Å². The van der Waals surface area contributed by atoms with Crippen LogP contribution in [0.1, 0.15) is 34.1 Å². The van der Waals surface area contributed by atoms with Gasteiger partial charge in [0.25, 0.3) is 0 Å². The second kappa shape index (κ2) is 9.92. The number of ether oxygens (including phenoxy) is 2. The molecule has 168 valence electrons. The minimum absolute atomic E-state index is 0.0353. The molecule has 1 amide bonds. The molecular weight excluding hydrogens is 430 g/mol. The van der Waals surface area contributed by atoms with E-state index in [1.165, 1.54) is 7.11 Å². The molecule has 2 atom stereocenters. The lowest BCUT2D eigenvalue weighted by molar-refractivity contribution is -0.125. The summed E-state index contributed by atoms with van der Waals surface area (Å²) in [5.41, 5.74) is 2.32. The van der Waals surface area contributed by atoms with E-state index in [0.29, 0.717) is 26.1 Å². The lowest BCUT2D eigenvalue weighted by Crippen LogP contribution is -2.42. The third-order valence-electron chi connectivity index (χ3n) is 5.55. The second-order valence-corrected chi connectivity index (χ2v) is 8.39. The molecule has 1 aromatic carbocycles. The standard InChI is InChI=1S/C22H25N5O4S/c1-30-18-5-3-15(4-6-18)10-23-21(28)20-9-17(12-26(20)11-16-7-8-32-14-16)27-13-19(24-25-27)22(29)31-2/h3-8,13-14,17,20H,9-12H2,1-2H3,(H,23,28)/t17-,20-/m0/s1. The van der Waals surface area contributed by atoms with Gasteiger partial charge in [0.05, 0.1) is 32.5 Å². The van der Waals surface area contributed by atoms with Crippen LogP contribution < -0.4 is 10.1 Å². The maximum atomic E-state index is 13.1. The van der Waals surface area contributed by atoms with Gasteiger partial charge in [-0.25, -0.2) is 9.48 Å². The zero-order chi connectivity index (χ0) is 22.5. The van der Waals surface area contributed by atoms with Crippen molar-refractivity contribution >= 4 is 23.2 Å². The van der Waals surface area contributed by atoms with Gasteiger partial charge in [-0.05, 0) is 46.5 Å². The summed E-state index contributed by atoms with van der Waals surface area (Å²) in [4.78, 5) is 27.0. The van der Waals surface area contributed by atoms with E-state index in [4.69, 9.17) is 9.47 Å². The van der Waals surface area contributed by atoms with Crippen LogP contribution in [0.2, 0.25) is 0 Å². The lowest BCUT2D eigenvalue weighted by Gasteiger charge is -2.23. The number of thiophene rings is 1. The molecule has 4 rings (SSSR count). The number of aromatic nitrogens is 3. The molecule has 9 nitrogen and oxygen atoms in total.